The fraction of sp³-hybridized carbons (Fsp3) is 0.615. The molecule has 3 heteroatoms. The molecule has 1 heterocycles. The third-order valence-electron chi connectivity index (χ3n) is 3.40. The van der Waals surface area contributed by atoms with Gasteiger partial charge in [0, 0.05) is 28.6 Å². The van der Waals surface area contributed by atoms with Crippen LogP contribution in [0.4, 0.5) is 0 Å². The molecule has 1 saturated carbocycles. The maximum absolute atomic E-state index is 6.10. The van der Waals surface area contributed by atoms with Crippen molar-refractivity contribution < 1.29 is 4.74 Å². The van der Waals surface area contributed by atoms with Gasteiger partial charge >= 0.3 is 0 Å². The Morgan fingerprint density at radius 1 is 1.44 bits per heavy atom. The van der Waals surface area contributed by atoms with Crippen LogP contribution in [-0.4, -0.2) is 17.6 Å². The van der Waals surface area contributed by atoms with E-state index >= 15 is 0 Å². The molecule has 0 radical (unpaired) electrons. The molecule has 16 heavy (non-hydrogen) atoms. The minimum absolute atomic E-state index is 0.0995. The number of aromatic nitrogens is 1. The Kier molecular flexibility index (Phi) is 2.89. The molecule has 3 nitrogen and oxygen atoms in total. The van der Waals surface area contributed by atoms with Crippen LogP contribution in [0, 0.1) is 13.8 Å². The van der Waals surface area contributed by atoms with Gasteiger partial charge in [-0.2, -0.15) is 0 Å². The maximum atomic E-state index is 6.10. The summed E-state index contributed by atoms with van der Waals surface area (Å²) in [7, 11) is 1.72. The molecule has 0 unspecified atom stereocenters. The first-order valence-corrected chi connectivity index (χ1v) is 5.84. The second-order valence-corrected chi connectivity index (χ2v) is 4.89. The van der Waals surface area contributed by atoms with Crippen molar-refractivity contribution in [3.63, 3.8) is 0 Å². The minimum atomic E-state index is 0.0995. The highest BCUT2D eigenvalue weighted by Gasteiger charge is 2.37. The predicted molar refractivity (Wildman–Crippen MR) is 64.7 cm³/mol. The van der Waals surface area contributed by atoms with Crippen LogP contribution in [0.5, 0.6) is 5.75 Å². The minimum Gasteiger partial charge on any atom is -0.496 e. The van der Waals surface area contributed by atoms with Gasteiger partial charge in [0.05, 0.1) is 7.11 Å². The first-order valence-electron chi connectivity index (χ1n) is 5.84. The lowest BCUT2D eigenvalue weighted by Gasteiger charge is -2.14. The topological polar surface area (TPSA) is 48.1 Å². The Labute approximate surface area is 97.0 Å². The first kappa shape index (κ1) is 11.4. The van der Waals surface area contributed by atoms with E-state index in [2.05, 4.69) is 4.98 Å². The molecule has 0 saturated heterocycles. The molecule has 1 aliphatic rings. The molecule has 0 bridgehead atoms. The summed E-state index contributed by atoms with van der Waals surface area (Å²) in [4.78, 5) is 4.48. The summed E-state index contributed by atoms with van der Waals surface area (Å²) >= 11 is 0. The van der Waals surface area contributed by atoms with Gasteiger partial charge in [-0.1, -0.05) is 0 Å². The van der Waals surface area contributed by atoms with Gasteiger partial charge in [0.1, 0.15) is 5.75 Å². The van der Waals surface area contributed by atoms with Gasteiger partial charge < -0.3 is 10.5 Å². The highest BCUT2D eigenvalue weighted by atomic mass is 16.5. The van der Waals surface area contributed by atoms with Crippen LogP contribution in [-0.2, 0) is 6.42 Å². The van der Waals surface area contributed by atoms with Crippen LogP contribution in [0.3, 0.4) is 0 Å². The summed E-state index contributed by atoms with van der Waals surface area (Å²) in [5.74, 6) is 0.953. The average molecular weight is 220 g/mol. The van der Waals surface area contributed by atoms with E-state index in [4.69, 9.17) is 10.5 Å². The summed E-state index contributed by atoms with van der Waals surface area (Å²) in [6.45, 7) is 4.03. The molecule has 2 N–H and O–H groups in total. The maximum Gasteiger partial charge on any atom is 0.125 e. The Hall–Kier alpha value is -1.09. The number of aryl methyl sites for hydroxylation is 2. The van der Waals surface area contributed by atoms with Crippen molar-refractivity contribution in [3.05, 3.63) is 23.0 Å². The molecule has 0 atom stereocenters. The number of rotatable bonds is 4. The molecule has 1 aromatic heterocycles. The summed E-state index contributed by atoms with van der Waals surface area (Å²) in [5, 5.41) is 0. The molecule has 1 aliphatic carbocycles. The molecule has 0 aliphatic heterocycles. The van der Waals surface area contributed by atoms with Crippen LogP contribution in [0.15, 0.2) is 6.07 Å². The molecule has 88 valence electrons. The van der Waals surface area contributed by atoms with E-state index in [1.54, 1.807) is 7.11 Å². The highest BCUT2D eigenvalue weighted by molar-refractivity contribution is 5.38. The molecule has 0 aromatic carbocycles. The summed E-state index contributed by atoms with van der Waals surface area (Å²) in [6.07, 6.45) is 4.33. The van der Waals surface area contributed by atoms with E-state index in [0.29, 0.717) is 0 Å². The number of methoxy groups -OCH3 is 1. The third-order valence-corrected chi connectivity index (χ3v) is 3.40. The van der Waals surface area contributed by atoms with Gasteiger partial charge in [-0.25, -0.2) is 0 Å². The number of pyridine rings is 1. The van der Waals surface area contributed by atoms with E-state index in [-0.39, 0.29) is 5.54 Å². The normalized spacial score (nSPS) is 17.2. The van der Waals surface area contributed by atoms with Gasteiger partial charge in [0.25, 0.3) is 0 Å². The molecular formula is C13H20N2O. The lowest BCUT2D eigenvalue weighted by Crippen LogP contribution is -2.22. The number of nitrogens with two attached hydrogens (primary N) is 1. The Morgan fingerprint density at radius 3 is 2.69 bits per heavy atom. The number of hydrogen-bond donors (Lipinski definition) is 1. The molecule has 1 fully saturated rings. The zero-order valence-electron chi connectivity index (χ0n) is 10.3. The van der Waals surface area contributed by atoms with Gasteiger partial charge in [-0.3, -0.25) is 4.98 Å². The Morgan fingerprint density at radius 2 is 2.12 bits per heavy atom. The van der Waals surface area contributed by atoms with E-state index in [9.17, 15) is 0 Å². The summed E-state index contributed by atoms with van der Waals surface area (Å²) < 4.78 is 5.41. The first-order chi connectivity index (χ1) is 7.54. The van der Waals surface area contributed by atoms with Crippen molar-refractivity contribution in [1.29, 1.82) is 0 Å². The fourth-order valence-corrected chi connectivity index (χ4v) is 2.09. The van der Waals surface area contributed by atoms with Crippen LogP contribution in [0.25, 0.3) is 0 Å². The lowest BCUT2D eigenvalue weighted by molar-refractivity contribution is 0.406. The zero-order chi connectivity index (χ0) is 11.8. The summed E-state index contributed by atoms with van der Waals surface area (Å²) in [6, 6.07) is 2.00. The standard InChI is InChI=1S/C13H20N2O/c1-9-8-12(16-3)11(10(2)15-9)4-5-13(14)6-7-13/h8H,4-7,14H2,1-3H3. The second kappa shape index (κ2) is 4.06. The van der Waals surface area contributed by atoms with Crippen molar-refractivity contribution in [2.45, 2.75) is 45.1 Å². The van der Waals surface area contributed by atoms with Gasteiger partial charge in [-0.15, -0.1) is 0 Å². The monoisotopic (exact) mass is 220 g/mol. The largest absolute Gasteiger partial charge is 0.496 e. The van der Waals surface area contributed by atoms with Gasteiger partial charge in [0.2, 0.25) is 0 Å². The zero-order valence-corrected chi connectivity index (χ0v) is 10.3. The highest BCUT2D eigenvalue weighted by Crippen LogP contribution is 2.37. The van der Waals surface area contributed by atoms with Crippen LogP contribution in [0.2, 0.25) is 0 Å². The van der Waals surface area contributed by atoms with Crippen molar-refractivity contribution in [1.82, 2.24) is 4.98 Å². The molecular weight excluding hydrogens is 200 g/mol. The number of hydrogen-bond acceptors (Lipinski definition) is 3. The number of nitrogens with zero attached hydrogens (tertiary/aromatic N) is 1. The quantitative estimate of drug-likeness (QED) is 0.845. The van der Waals surface area contributed by atoms with E-state index in [1.807, 2.05) is 19.9 Å². The third kappa shape index (κ3) is 2.35. The van der Waals surface area contributed by atoms with E-state index in [1.165, 1.54) is 5.56 Å². The Balaban J connectivity index is 2.17. The number of ether oxygens (including phenoxy) is 1. The molecule has 0 amide bonds. The molecule has 1 aromatic rings. The van der Waals surface area contributed by atoms with Crippen molar-refractivity contribution in [2.24, 2.45) is 5.73 Å². The van der Waals surface area contributed by atoms with Crippen LogP contribution >= 0.6 is 0 Å². The lowest BCUT2D eigenvalue weighted by atomic mass is 10.0. The van der Waals surface area contributed by atoms with Crippen LogP contribution in [0.1, 0.15) is 36.2 Å². The van der Waals surface area contributed by atoms with Gasteiger partial charge in [0.15, 0.2) is 0 Å². The van der Waals surface area contributed by atoms with E-state index < -0.39 is 0 Å². The van der Waals surface area contributed by atoms with Crippen molar-refractivity contribution in [2.75, 3.05) is 7.11 Å². The predicted octanol–water partition coefficient (Wildman–Crippen LogP) is 2.13. The average Bonchev–Trinajstić information content (AvgIpc) is 2.94. The van der Waals surface area contributed by atoms with Gasteiger partial charge in [-0.05, 0) is 39.5 Å². The van der Waals surface area contributed by atoms with Crippen molar-refractivity contribution >= 4 is 0 Å². The summed E-state index contributed by atoms with van der Waals surface area (Å²) in [5.41, 5.74) is 9.49. The fourth-order valence-electron chi connectivity index (χ4n) is 2.09. The second-order valence-electron chi connectivity index (χ2n) is 4.89. The Bertz CT molecular complexity index is 397. The molecule has 0 spiro atoms. The van der Waals surface area contributed by atoms with Crippen molar-refractivity contribution in [3.8, 4) is 5.75 Å². The van der Waals surface area contributed by atoms with E-state index in [0.717, 1.165) is 42.8 Å². The van der Waals surface area contributed by atoms with Crippen LogP contribution < -0.4 is 10.5 Å². The smallest absolute Gasteiger partial charge is 0.125 e. The SMILES string of the molecule is COc1cc(C)nc(C)c1CCC1(N)CC1. The molecule has 2 rings (SSSR count).